The molecule has 0 atom stereocenters. The van der Waals surface area contributed by atoms with Gasteiger partial charge in [-0.25, -0.2) is 18.9 Å². The maximum atomic E-state index is 14.3. The van der Waals surface area contributed by atoms with Crippen molar-refractivity contribution in [1.82, 2.24) is 19.7 Å². The summed E-state index contributed by atoms with van der Waals surface area (Å²) in [5.74, 6) is -0.169. The van der Waals surface area contributed by atoms with Crippen molar-refractivity contribution in [3.05, 3.63) is 73.9 Å². The predicted molar refractivity (Wildman–Crippen MR) is 87.7 cm³/mol. The van der Waals surface area contributed by atoms with Crippen molar-refractivity contribution in [3.63, 3.8) is 0 Å². The van der Waals surface area contributed by atoms with Gasteiger partial charge >= 0.3 is 5.69 Å². The lowest BCUT2D eigenvalue weighted by Gasteiger charge is -2.13. The molecule has 1 N–H and O–H groups in total. The van der Waals surface area contributed by atoms with Crippen molar-refractivity contribution in [2.45, 2.75) is 6.54 Å². The monoisotopic (exact) mass is 363 g/mol. The molecule has 1 aromatic carbocycles. The summed E-state index contributed by atoms with van der Waals surface area (Å²) in [4.78, 5) is 20.6. The molecule has 0 saturated carbocycles. The number of aliphatic imine (C=N–C) groups is 1. The van der Waals surface area contributed by atoms with Gasteiger partial charge in [0.15, 0.2) is 11.6 Å². The zero-order chi connectivity index (χ0) is 16.8. The van der Waals surface area contributed by atoms with E-state index in [1.54, 1.807) is 12.1 Å². The summed E-state index contributed by atoms with van der Waals surface area (Å²) in [6.45, 7) is 0.0622. The zero-order valence-corrected chi connectivity index (χ0v) is 13.4. The Morgan fingerprint density at radius 1 is 1.25 bits per heavy atom. The number of pyridine rings is 1. The second kappa shape index (κ2) is 5.54. The summed E-state index contributed by atoms with van der Waals surface area (Å²) in [6.07, 6.45) is 1.45. The lowest BCUT2D eigenvalue weighted by Crippen LogP contribution is -2.19. The number of halogens is 3. The number of H-pyrrole nitrogens is 1. The molecule has 0 saturated heterocycles. The molecule has 0 amide bonds. The van der Waals surface area contributed by atoms with E-state index in [1.807, 2.05) is 0 Å². The second-order valence-corrected chi connectivity index (χ2v) is 5.82. The highest BCUT2D eigenvalue weighted by atomic mass is 35.5. The molecule has 3 aromatic rings. The highest BCUT2D eigenvalue weighted by Gasteiger charge is 2.27. The van der Waals surface area contributed by atoms with E-state index in [-0.39, 0.29) is 28.0 Å². The average molecular weight is 364 g/mol. The summed E-state index contributed by atoms with van der Waals surface area (Å²) in [7, 11) is 0. The molecule has 1 aliphatic heterocycles. The van der Waals surface area contributed by atoms with Gasteiger partial charge < -0.3 is 0 Å². The fourth-order valence-electron chi connectivity index (χ4n) is 2.62. The van der Waals surface area contributed by atoms with Gasteiger partial charge in [0.1, 0.15) is 12.2 Å². The van der Waals surface area contributed by atoms with Crippen molar-refractivity contribution < 1.29 is 4.39 Å². The fourth-order valence-corrected chi connectivity index (χ4v) is 3.02. The number of hydrogen-bond donors (Lipinski definition) is 1. The van der Waals surface area contributed by atoms with Crippen molar-refractivity contribution >= 4 is 28.9 Å². The molecule has 0 radical (unpaired) electrons. The van der Waals surface area contributed by atoms with Crippen molar-refractivity contribution in [1.29, 1.82) is 0 Å². The number of hydrogen-bond acceptors (Lipinski definition) is 4. The minimum Gasteiger partial charge on any atom is -0.274 e. The third kappa shape index (κ3) is 2.16. The standard InChI is InChI=1S/C15H8Cl2FN5O/c16-7-3-4-9-11(12(7)17)14(13-8(18)2-1-5-19-13)20-6-10-21-22-15(24)23(9)10/h1-5H,6H2,(H,22,24). The largest absolute Gasteiger partial charge is 0.348 e. The number of fused-ring (bicyclic) bond motifs is 3. The smallest absolute Gasteiger partial charge is 0.274 e. The molecule has 4 rings (SSSR count). The number of nitrogens with zero attached hydrogens (tertiary/aromatic N) is 4. The van der Waals surface area contributed by atoms with Gasteiger partial charge in [-0.05, 0) is 24.3 Å². The average Bonchev–Trinajstić information content (AvgIpc) is 2.85. The van der Waals surface area contributed by atoms with Gasteiger partial charge in [-0.2, -0.15) is 5.10 Å². The van der Waals surface area contributed by atoms with Crippen molar-refractivity contribution in [2.24, 2.45) is 4.99 Å². The van der Waals surface area contributed by atoms with Gasteiger partial charge in [-0.15, -0.1) is 0 Å². The van der Waals surface area contributed by atoms with Crippen LogP contribution in [0.1, 0.15) is 17.1 Å². The molecule has 3 heterocycles. The van der Waals surface area contributed by atoms with Gasteiger partial charge in [0.25, 0.3) is 0 Å². The molecule has 6 nitrogen and oxygen atoms in total. The third-order valence-electron chi connectivity index (χ3n) is 3.65. The molecule has 0 fully saturated rings. The Hall–Kier alpha value is -2.51. The quantitative estimate of drug-likeness (QED) is 0.722. The van der Waals surface area contributed by atoms with Crippen LogP contribution in [0, 0.1) is 5.82 Å². The van der Waals surface area contributed by atoms with Gasteiger partial charge in [-0.1, -0.05) is 23.2 Å². The normalized spacial score (nSPS) is 13.0. The minimum absolute atomic E-state index is 0.0325. The molecule has 1 aliphatic rings. The molecule has 0 aliphatic carbocycles. The summed E-state index contributed by atoms with van der Waals surface area (Å²) in [6, 6.07) is 5.93. The van der Waals surface area contributed by atoms with Crippen LogP contribution in [0.2, 0.25) is 10.0 Å². The van der Waals surface area contributed by atoms with Crippen LogP contribution in [0.25, 0.3) is 5.69 Å². The first-order valence-electron chi connectivity index (χ1n) is 6.88. The van der Waals surface area contributed by atoms with Crippen LogP contribution in [0.4, 0.5) is 4.39 Å². The van der Waals surface area contributed by atoms with E-state index >= 15 is 0 Å². The van der Waals surface area contributed by atoms with Crippen molar-refractivity contribution in [3.8, 4) is 5.69 Å². The van der Waals surface area contributed by atoms with E-state index in [0.717, 1.165) is 0 Å². The molecule has 0 unspecified atom stereocenters. The SMILES string of the molecule is O=c1[nH]nc2n1-c1ccc(Cl)c(Cl)c1C(c1ncccc1F)=NC2. The lowest BCUT2D eigenvalue weighted by molar-refractivity contribution is 0.618. The van der Waals surface area contributed by atoms with E-state index in [0.29, 0.717) is 17.1 Å². The van der Waals surface area contributed by atoms with Gasteiger partial charge in [0, 0.05) is 11.8 Å². The Kier molecular flexibility index (Phi) is 3.47. The van der Waals surface area contributed by atoms with Gasteiger partial charge in [0.05, 0.1) is 21.4 Å². The minimum atomic E-state index is -0.549. The molecule has 24 heavy (non-hydrogen) atoms. The van der Waals surface area contributed by atoms with Crippen LogP contribution in [0.15, 0.2) is 40.2 Å². The Labute approximate surface area is 144 Å². The molecule has 9 heteroatoms. The van der Waals surface area contributed by atoms with E-state index in [1.165, 1.54) is 22.9 Å². The predicted octanol–water partition coefficient (Wildman–Crippen LogP) is 2.75. The van der Waals surface area contributed by atoms with Crippen LogP contribution in [0.3, 0.4) is 0 Å². The van der Waals surface area contributed by atoms with Crippen LogP contribution >= 0.6 is 23.2 Å². The summed E-state index contributed by atoms with van der Waals surface area (Å²) < 4.78 is 15.6. The Balaban J connectivity index is 2.10. The van der Waals surface area contributed by atoms with Crippen molar-refractivity contribution in [2.75, 3.05) is 0 Å². The van der Waals surface area contributed by atoms with Crippen LogP contribution in [-0.4, -0.2) is 25.5 Å². The van der Waals surface area contributed by atoms with E-state index < -0.39 is 11.5 Å². The second-order valence-electron chi connectivity index (χ2n) is 5.03. The Bertz CT molecular complexity index is 1060. The number of aromatic nitrogens is 4. The highest BCUT2D eigenvalue weighted by Crippen LogP contribution is 2.34. The number of rotatable bonds is 1. The molecule has 2 aromatic heterocycles. The highest BCUT2D eigenvalue weighted by molar-refractivity contribution is 6.45. The summed E-state index contributed by atoms with van der Waals surface area (Å²) in [5, 5.41) is 6.75. The maximum Gasteiger partial charge on any atom is 0.348 e. The van der Waals surface area contributed by atoms with E-state index in [2.05, 4.69) is 20.2 Å². The van der Waals surface area contributed by atoms with Crippen LogP contribution in [0.5, 0.6) is 0 Å². The number of nitrogens with one attached hydrogen (secondary N) is 1. The third-order valence-corrected chi connectivity index (χ3v) is 4.46. The Morgan fingerprint density at radius 3 is 2.88 bits per heavy atom. The van der Waals surface area contributed by atoms with E-state index in [4.69, 9.17) is 23.2 Å². The lowest BCUT2D eigenvalue weighted by atomic mass is 10.0. The maximum absolute atomic E-state index is 14.3. The van der Waals surface area contributed by atoms with E-state index in [9.17, 15) is 9.18 Å². The molecule has 0 spiro atoms. The first-order chi connectivity index (χ1) is 11.6. The van der Waals surface area contributed by atoms with Gasteiger partial charge in [-0.3, -0.25) is 9.98 Å². The van der Waals surface area contributed by atoms with Crippen LogP contribution < -0.4 is 5.69 Å². The summed E-state index contributed by atoms with van der Waals surface area (Å²) in [5.41, 5.74) is 0.566. The first kappa shape index (κ1) is 15.0. The molecule has 120 valence electrons. The van der Waals surface area contributed by atoms with Crippen LogP contribution in [-0.2, 0) is 6.54 Å². The summed E-state index contributed by atoms with van der Waals surface area (Å²) >= 11 is 12.5. The topological polar surface area (TPSA) is 75.9 Å². The number of aromatic amines is 1. The zero-order valence-electron chi connectivity index (χ0n) is 11.9. The number of benzene rings is 1. The first-order valence-corrected chi connectivity index (χ1v) is 7.64. The fraction of sp³-hybridized carbons (Fsp3) is 0.0667. The molecular weight excluding hydrogens is 356 g/mol. The molecule has 0 bridgehead atoms. The Morgan fingerprint density at radius 2 is 2.08 bits per heavy atom. The molecular formula is C15H8Cl2FN5O. The van der Waals surface area contributed by atoms with Gasteiger partial charge in [0.2, 0.25) is 0 Å².